The number of benzene rings is 1. The van der Waals surface area contributed by atoms with Crippen molar-refractivity contribution in [3.05, 3.63) is 76.7 Å². The van der Waals surface area contributed by atoms with E-state index in [0.29, 0.717) is 30.0 Å². The molecule has 0 bridgehead atoms. The Bertz CT molecular complexity index is 1570. The lowest BCUT2D eigenvalue weighted by Crippen LogP contribution is -2.39. The second kappa shape index (κ2) is 9.37. The maximum atomic E-state index is 14.9. The first-order valence-corrected chi connectivity index (χ1v) is 12.3. The summed E-state index contributed by atoms with van der Waals surface area (Å²) < 4.78 is 31.4. The lowest BCUT2D eigenvalue weighted by molar-refractivity contribution is -0.129. The van der Waals surface area contributed by atoms with E-state index >= 15 is 0 Å². The summed E-state index contributed by atoms with van der Waals surface area (Å²) in [5.74, 6) is -1.73. The van der Waals surface area contributed by atoms with Crippen molar-refractivity contribution in [2.75, 3.05) is 0 Å². The molecule has 10 nitrogen and oxygen atoms in total. The number of hydrogen-bond donors (Lipinski definition) is 2. The minimum atomic E-state index is -1.16. The molecule has 4 aromatic rings. The van der Waals surface area contributed by atoms with Gasteiger partial charge in [-0.05, 0) is 66.5 Å². The van der Waals surface area contributed by atoms with Crippen molar-refractivity contribution in [1.82, 2.24) is 40.1 Å². The highest BCUT2D eigenvalue weighted by molar-refractivity contribution is 6.30. The number of aliphatic hydroxyl groups is 1. The molecule has 0 aliphatic carbocycles. The zero-order chi connectivity index (χ0) is 26.6. The fraction of sp³-hybridized carbons (Fsp3) is 0.280. The van der Waals surface area contributed by atoms with E-state index in [1.807, 2.05) is 0 Å². The summed E-state index contributed by atoms with van der Waals surface area (Å²) in [6.45, 7) is 1.38. The molecule has 1 fully saturated rings. The third-order valence-corrected chi connectivity index (χ3v) is 7.22. The number of hydrogen-bond acceptors (Lipinski definition) is 7. The molecule has 194 valence electrons. The summed E-state index contributed by atoms with van der Waals surface area (Å²) in [6, 6.07) is 5.95. The summed E-state index contributed by atoms with van der Waals surface area (Å²) in [5.41, 5.74) is 1.79. The molecule has 1 amide bonds. The minimum absolute atomic E-state index is 0.0927. The summed E-state index contributed by atoms with van der Waals surface area (Å²) >= 11 is 6.28. The van der Waals surface area contributed by atoms with Crippen molar-refractivity contribution >= 4 is 23.1 Å². The lowest BCUT2D eigenvalue weighted by Gasteiger charge is -2.33. The number of aromatic nitrogens is 7. The monoisotopic (exact) mass is 538 g/mol. The van der Waals surface area contributed by atoms with Crippen LogP contribution < -0.4 is 0 Å². The van der Waals surface area contributed by atoms with Gasteiger partial charge in [-0.25, -0.2) is 9.37 Å². The molecule has 0 unspecified atom stereocenters. The molecule has 38 heavy (non-hydrogen) atoms. The van der Waals surface area contributed by atoms with Crippen LogP contribution in [0.2, 0.25) is 5.02 Å². The highest BCUT2D eigenvalue weighted by atomic mass is 35.5. The zero-order valence-corrected chi connectivity index (χ0v) is 20.8. The quantitative estimate of drug-likeness (QED) is 0.394. The number of rotatable bonds is 5. The molecule has 0 spiro atoms. The Morgan fingerprint density at radius 1 is 1.21 bits per heavy atom. The van der Waals surface area contributed by atoms with E-state index in [0.717, 1.165) is 11.1 Å². The Hall–Kier alpha value is -4.03. The highest BCUT2D eigenvalue weighted by Crippen LogP contribution is 2.43. The number of nitrogens with one attached hydrogen (secondary N) is 1. The van der Waals surface area contributed by atoms with Crippen molar-refractivity contribution in [3.63, 3.8) is 0 Å². The van der Waals surface area contributed by atoms with Gasteiger partial charge in [0.05, 0.1) is 17.8 Å². The van der Waals surface area contributed by atoms with Gasteiger partial charge in [-0.15, -0.1) is 5.10 Å². The molecule has 6 rings (SSSR count). The van der Waals surface area contributed by atoms with Crippen LogP contribution in [0.1, 0.15) is 55.4 Å². The first-order valence-electron chi connectivity index (χ1n) is 12.0. The normalized spacial score (nSPS) is 20.0. The van der Waals surface area contributed by atoms with Crippen LogP contribution in [0.3, 0.4) is 0 Å². The average molecular weight is 539 g/mol. The van der Waals surface area contributed by atoms with Crippen LogP contribution in [-0.4, -0.2) is 57.1 Å². The second-order valence-electron chi connectivity index (χ2n) is 9.30. The van der Waals surface area contributed by atoms with E-state index in [1.54, 1.807) is 29.2 Å². The molecule has 3 aromatic heterocycles. The number of imidazole rings is 1. The van der Waals surface area contributed by atoms with E-state index in [4.69, 9.17) is 11.6 Å². The molecule has 0 saturated carbocycles. The molecule has 2 aliphatic rings. The first kappa shape index (κ1) is 24.3. The number of H-pyrrole nitrogens is 1. The molecular weight excluding hydrogens is 518 g/mol. The van der Waals surface area contributed by atoms with Crippen LogP contribution in [0.15, 0.2) is 42.9 Å². The van der Waals surface area contributed by atoms with Crippen LogP contribution in [0.25, 0.3) is 22.5 Å². The highest BCUT2D eigenvalue weighted by Gasteiger charge is 2.42. The Balaban J connectivity index is 1.33. The Kier molecular flexibility index (Phi) is 6.00. The van der Waals surface area contributed by atoms with Crippen molar-refractivity contribution in [2.45, 2.75) is 44.4 Å². The standard InChI is InChI=1S/C25H21ClF2N8O2/c1-12(37)22-21(27)16(6-7-29-22)23-24(28)32-25(31-23)19-5-3-15-8-13(9-20(38)36(15)19)17-10-14(26)2-4-18(17)35-11-30-33-34-35/h2,4,6-7,9-12,15,19,37H,3,5,8H2,1H3,(H,31,32)/t12-,15+,19-/m0/s1. The molecule has 0 radical (unpaired) electrons. The fourth-order valence-electron chi connectivity index (χ4n) is 5.30. The molecule has 2 aliphatic heterocycles. The van der Waals surface area contributed by atoms with Gasteiger partial charge < -0.3 is 15.0 Å². The van der Waals surface area contributed by atoms with Crippen molar-refractivity contribution in [1.29, 1.82) is 0 Å². The molecule has 3 atom stereocenters. The number of fused-ring (bicyclic) bond motifs is 1. The van der Waals surface area contributed by atoms with Gasteiger partial charge in [0, 0.05) is 34.5 Å². The SMILES string of the molecule is C[C@H](O)c1nccc(-c2[nH]c([C@@H]3CC[C@@H]4CC(c5cc(Cl)ccc5-n5cnnn5)=CC(=O)N43)nc2F)c1F. The predicted molar refractivity (Wildman–Crippen MR) is 132 cm³/mol. The lowest BCUT2D eigenvalue weighted by atomic mass is 9.92. The maximum absolute atomic E-state index is 14.9. The number of tetrazole rings is 1. The summed E-state index contributed by atoms with van der Waals surface area (Å²) in [5, 5.41) is 21.6. The van der Waals surface area contributed by atoms with Crippen molar-refractivity contribution in [2.24, 2.45) is 0 Å². The minimum Gasteiger partial charge on any atom is -0.387 e. The fourth-order valence-corrected chi connectivity index (χ4v) is 5.47. The Labute approximate surface area is 220 Å². The van der Waals surface area contributed by atoms with Crippen molar-refractivity contribution in [3.8, 4) is 16.9 Å². The number of halogens is 3. The molecular formula is C25H21ClF2N8O2. The van der Waals surface area contributed by atoms with E-state index < -0.39 is 23.9 Å². The van der Waals surface area contributed by atoms with Gasteiger partial charge in [0.1, 0.15) is 23.5 Å². The van der Waals surface area contributed by atoms with E-state index in [1.165, 1.54) is 30.2 Å². The smallest absolute Gasteiger partial charge is 0.247 e. The van der Waals surface area contributed by atoms with E-state index in [2.05, 4.69) is 30.5 Å². The predicted octanol–water partition coefficient (Wildman–Crippen LogP) is 3.95. The van der Waals surface area contributed by atoms with Gasteiger partial charge in [-0.2, -0.15) is 9.07 Å². The van der Waals surface area contributed by atoms with Crippen LogP contribution in [-0.2, 0) is 4.79 Å². The summed E-state index contributed by atoms with van der Waals surface area (Å²) in [4.78, 5) is 25.8. The Morgan fingerprint density at radius 3 is 2.82 bits per heavy atom. The van der Waals surface area contributed by atoms with Crippen molar-refractivity contribution < 1.29 is 18.7 Å². The molecule has 2 N–H and O–H groups in total. The number of aliphatic hydroxyl groups excluding tert-OH is 1. The largest absolute Gasteiger partial charge is 0.387 e. The molecule has 13 heteroatoms. The number of aromatic amines is 1. The second-order valence-corrected chi connectivity index (χ2v) is 9.74. The molecule has 1 aromatic carbocycles. The number of amides is 1. The van der Waals surface area contributed by atoms with E-state index in [9.17, 15) is 18.7 Å². The number of carbonyl (C=O) groups is 1. The molecule has 5 heterocycles. The van der Waals surface area contributed by atoms with Gasteiger partial charge >= 0.3 is 0 Å². The first-order chi connectivity index (χ1) is 18.3. The average Bonchev–Trinajstić information content (AvgIpc) is 3.64. The third-order valence-electron chi connectivity index (χ3n) is 6.99. The zero-order valence-electron chi connectivity index (χ0n) is 20.0. The number of pyridine rings is 1. The summed E-state index contributed by atoms with van der Waals surface area (Å²) in [7, 11) is 0. The third kappa shape index (κ3) is 4.05. The number of carbonyl (C=O) groups excluding carboxylic acids is 1. The topological polar surface area (TPSA) is 126 Å². The molecule has 1 saturated heterocycles. The summed E-state index contributed by atoms with van der Waals surface area (Å²) in [6.07, 6.45) is 4.92. The van der Waals surface area contributed by atoms with Crippen LogP contribution >= 0.6 is 11.6 Å². The Morgan fingerprint density at radius 2 is 2.05 bits per heavy atom. The van der Waals surface area contributed by atoms with Crippen LogP contribution in [0, 0.1) is 11.8 Å². The van der Waals surface area contributed by atoms with Gasteiger partial charge in [0.25, 0.3) is 0 Å². The maximum Gasteiger partial charge on any atom is 0.247 e. The van der Waals surface area contributed by atoms with Gasteiger partial charge in [-0.3, -0.25) is 9.78 Å². The van der Waals surface area contributed by atoms with Gasteiger partial charge in [0.2, 0.25) is 11.9 Å². The van der Waals surface area contributed by atoms with Crippen LogP contribution in [0.4, 0.5) is 8.78 Å². The van der Waals surface area contributed by atoms with Crippen LogP contribution in [0.5, 0.6) is 0 Å². The van der Waals surface area contributed by atoms with Gasteiger partial charge in [0.15, 0.2) is 5.82 Å². The number of nitrogens with zero attached hydrogens (tertiary/aromatic N) is 7. The van der Waals surface area contributed by atoms with Gasteiger partial charge in [-0.1, -0.05) is 11.6 Å². The van der Waals surface area contributed by atoms with E-state index in [-0.39, 0.29) is 34.7 Å².